The van der Waals surface area contributed by atoms with Crippen LogP contribution < -0.4 is 5.32 Å². The minimum Gasteiger partial charge on any atom is -0.336 e. The Balaban J connectivity index is 1.68. The Morgan fingerprint density at radius 2 is 1.78 bits per heavy atom. The highest BCUT2D eigenvalue weighted by Gasteiger charge is 2.11. The van der Waals surface area contributed by atoms with Gasteiger partial charge >= 0.3 is 0 Å². The summed E-state index contributed by atoms with van der Waals surface area (Å²) in [5.41, 5.74) is 1.96. The number of tetrazole rings is 1. The smallest absolute Gasteiger partial charge is 0.269 e. The predicted molar refractivity (Wildman–Crippen MR) is 81.6 cm³/mol. The summed E-state index contributed by atoms with van der Waals surface area (Å²) in [6.07, 6.45) is 0. The summed E-state index contributed by atoms with van der Waals surface area (Å²) in [4.78, 5) is 10.3. The van der Waals surface area contributed by atoms with E-state index in [0.29, 0.717) is 18.1 Å². The van der Waals surface area contributed by atoms with Crippen molar-refractivity contribution in [1.82, 2.24) is 20.2 Å². The molecule has 1 aromatic heterocycles. The predicted octanol–water partition coefficient (Wildman–Crippen LogP) is 0.834. The molecule has 0 amide bonds. The zero-order chi connectivity index (χ0) is 16.1. The molecule has 23 heavy (non-hydrogen) atoms. The molecule has 3 rings (SSSR count). The average Bonchev–Trinajstić information content (AvgIpc) is 3.04. The van der Waals surface area contributed by atoms with Crippen LogP contribution in [0.5, 0.6) is 0 Å². The maximum Gasteiger partial charge on any atom is 0.269 e. The first-order valence-electron chi connectivity index (χ1n) is 7.12. The Morgan fingerprint density at radius 3 is 2.48 bits per heavy atom. The molecule has 0 aliphatic rings. The van der Waals surface area contributed by atoms with E-state index in [-0.39, 0.29) is 5.69 Å². The van der Waals surface area contributed by atoms with Crippen molar-refractivity contribution in [2.45, 2.75) is 13.1 Å². The molecule has 0 unspecified atom stereocenters. The van der Waals surface area contributed by atoms with E-state index in [4.69, 9.17) is 0 Å². The molecule has 2 N–H and O–H groups in total. The van der Waals surface area contributed by atoms with Crippen molar-refractivity contribution in [2.24, 2.45) is 0 Å². The van der Waals surface area contributed by atoms with Crippen LogP contribution >= 0.6 is 0 Å². The topological polar surface area (TPSA) is 103 Å². The van der Waals surface area contributed by atoms with Gasteiger partial charge in [-0.1, -0.05) is 30.3 Å². The van der Waals surface area contributed by atoms with Crippen molar-refractivity contribution in [3.63, 3.8) is 0 Å². The molecule has 0 atom stereocenters. The van der Waals surface area contributed by atoms with E-state index in [9.17, 15) is 10.1 Å². The van der Waals surface area contributed by atoms with Crippen LogP contribution in [0.2, 0.25) is 0 Å². The molecule has 8 heteroatoms. The molecule has 0 fully saturated rings. The maximum atomic E-state index is 10.7. The molecule has 116 valence electrons. The summed E-state index contributed by atoms with van der Waals surface area (Å²) in [6.45, 7) is 1.44. The van der Waals surface area contributed by atoms with Crippen LogP contribution in [0.25, 0.3) is 5.69 Å². The van der Waals surface area contributed by atoms with Crippen LogP contribution in [0.1, 0.15) is 11.4 Å². The van der Waals surface area contributed by atoms with E-state index >= 15 is 0 Å². The van der Waals surface area contributed by atoms with Crippen LogP contribution in [0.3, 0.4) is 0 Å². The first-order chi connectivity index (χ1) is 11.2. The van der Waals surface area contributed by atoms with Crippen LogP contribution in [0, 0.1) is 10.1 Å². The number of rotatable bonds is 6. The Labute approximate surface area is 131 Å². The minimum atomic E-state index is -0.433. The number of nitro benzene ring substituents is 1. The van der Waals surface area contributed by atoms with Crippen LogP contribution in [-0.2, 0) is 13.1 Å². The largest absolute Gasteiger partial charge is 0.336 e. The van der Waals surface area contributed by atoms with E-state index in [0.717, 1.165) is 6.54 Å². The summed E-state index contributed by atoms with van der Waals surface area (Å²) in [5, 5.41) is 24.5. The number of nitro groups is 1. The zero-order valence-corrected chi connectivity index (χ0v) is 12.2. The van der Waals surface area contributed by atoms with Crippen LogP contribution in [0.15, 0.2) is 54.6 Å². The third-order valence-electron chi connectivity index (χ3n) is 3.39. The highest BCUT2D eigenvalue weighted by atomic mass is 16.6. The number of nitrogens with two attached hydrogens (primary N) is 1. The summed E-state index contributed by atoms with van der Waals surface area (Å²) in [5.74, 6) is 0.690. The van der Waals surface area contributed by atoms with E-state index in [1.165, 1.54) is 17.7 Å². The van der Waals surface area contributed by atoms with Crippen molar-refractivity contribution in [3.05, 3.63) is 76.1 Å². The van der Waals surface area contributed by atoms with Gasteiger partial charge in [-0.3, -0.25) is 10.1 Å². The van der Waals surface area contributed by atoms with Crippen LogP contribution in [-0.4, -0.2) is 25.1 Å². The standard InChI is InChI=1S/C15H14N6O2/c22-21(23)14-8-6-13(7-9-14)20-15(17-18-19-20)11-16-10-12-4-2-1-3-5-12/h1-9,16H,10-11H2/p+1. The first-order valence-corrected chi connectivity index (χ1v) is 7.12. The first kappa shape index (κ1) is 14.8. The number of benzene rings is 2. The molecule has 8 nitrogen and oxygen atoms in total. The van der Waals surface area contributed by atoms with Crippen molar-refractivity contribution in [2.75, 3.05) is 0 Å². The number of quaternary nitrogens is 1. The Morgan fingerprint density at radius 1 is 1.04 bits per heavy atom. The Hall–Kier alpha value is -3.13. The number of aromatic nitrogens is 4. The number of nitrogens with zero attached hydrogens (tertiary/aromatic N) is 5. The summed E-state index contributed by atoms with van der Waals surface area (Å²) in [7, 11) is 0. The molecule has 0 radical (unpaired) electrons. The van der Waals surface area contributed by atoms with Crippen molar-refractivity contribution < 1.29 is 10.2 Å². The SMILES string of the molecule is O=[N+]([O-])c1ccc(-n2nnnc2C[NH2+]Cc2ccccc2)cc1. The molecular formula is C15H15N6O2+. The molecule has 2 aromatic carbocycles. The van der Waals surface area contributed by atoms with Gasteiger partial charge in [-0.25, -0.2) is 0 Å². The summed E-state index contributed by atoms with van der Waals surface area (Å²) < 4.78 is 1.59. The van der Waals surface area contributed by atoms with Crippen molar-refractivity contribution in [3.8, 4) is 5.69 Å². The number of hydrogen-bond donors (Lipinski definition) is 1. The molecule has 0 aliphatic carbocycles. The average molecular weight is 311 g/mol. The maximum absolute atomic E-state index is 10.7. The molecular weight excluding hydrogens is 296 g/mol. The third-order valence-corrected chi connectivity index (χ3v) is 3.39. The van der Waals surface area contributed by atoms with Crippen LogP contribution in [0.4, 0.5) is 5.69 Å². The van der Waals surface area contributed by atoms with Gasteiger partial charge in [-0.15, -0.1) is 5.10 Å². The molecule has 0 saturated heterocycles. The Bertz CT molecular complexity index is 785. The number of non-ortho nitro benzene ring substituents is 1. The molecule has 0 spiro atoms. The highest BCUT2D eigenvalue weighted by molar-refractivity contribution is 5.40. The lowest BCUT2D eigenvalue weighted by Gasteiger charge is -2.04. The quantitative estimate of drug-likeness (QED) is 0.536. The fourth-order valence-corrected chi connectivity index (χ4v) is 2.23. The lowest BCUT2D eigenvalue weighted by Crippen LogP contribution is -2.81. The third kappa shape index (κ3) is 3.55. The van der Waals surface area contributed by atoms with Gasteiger partial charge in [0.1, 0.15) is 13.1 Å². The van der Waals surface area contributed by atoms with Gasteiger partial charge in [0.2, 0.25) is 5.82 Å². The summed E-state index contributed by atoms with van der Waals surface area (Å²) in [6, 6.07) is 16.3. The minimum absolute atomic E-state index is 0.0408. The van der Waals surface area contributed by atoms with E-state index in [1.807, 2.05) is 18.2 Å². The van der Waals surface area contributed by atoms with Gasteiger partial charge in [0, 0.05) is 17.7 Å². The fraction of sp³-hybridized carbons (Fsp3) is 0.133. The van der Waals surface area contributed by atoms with Gasteiger partial charge in [0.15, 0.2) is 0 Å². The van der Waals surface area contributed by atoms with Crippen molar-refractivity contribution in [1.29, 1.82) is 0 Å². The second-order valence-corrected chi connectivity index (χ2v) is 4.96. The van der Waals surface area contributed by atoms with Gasteiger partial charge in [0.25, 0.3) is 5.69 Å². The zero-order valence-electron chi connectivity index (χ0n) is 12.2. The van der Waals surface area contributed by atoms with Crippen molar-refractivity contribution >= 4 is 5.69 Å². The molecule has 1 heterocycles. The van der Waals surface area contributed by atoms with Gasteiger partial charge in [0.05, 0.1) is 10.6 Å². The van der Waals surface area contributed by atoms with E-state index < -0.39 is 4.92 Å². The summed E-state index contributed by atoms with van der Waals surface area (Å²) >= 11 is 0. The van der Waals surface area contributed by atoms with Gasteiger partial charge < -0.3 is 5.32 Å². The normalized spacial score (nSPS) is 10.6. The lowest BCUT2D eigenvalue weighted by atomic mass is 10.2. The van der Waals surface area contributed by atoms with E-state index in [2.05, 4.69) is 33.0 Å². The molecule has 0 aliphatic heterocycles. The molecule has 0 saturated carbocycles. The monoisotopic (exact) mass is 311 g/mol. The lowest BCUT2D eigenvalue weighted by molar-refractivity contribution is -0.687. The van der Waals surface area contributed by atoms with Gasteiger partial charge in [-0.05, 0) is 22.6 Å². The van der Waals surface area contributed by atoms with E-state index in [1.54, 1.807) is 16.8 Å². The molecule has 3 aromatic rings. The Kier molecular flexibility index (Phi) is 4.34. The second kappa shape index (κ2) is 6.75. The molecule has 0 bridgehead atoms. The fourth-order valence-electron chi connectivity index (χ4n) is 2.23. The highest BCUT2D eigenvalue weighted by Crippen LogP contribution is 2.14. The second-order valence-electron chi connectivity index (χ2n) is 4.96. The van der Waals surface area contributed by atoms with Gasteiger partial charge in [-0.2, -0.15) is 4.68 Å². The number of hydrogen-bond acceptors (Lipinski definition) is 5.